The number of nitrogens with zero attached hydrogens (tertiary/aromatic N) is 1. The van der Waals surface area contributed by atoms with Crippen LogP contribution in [0.1, 0.15) is 91.4 Å². The summed E-state index contributed by atoms with van der Waals surface area (Å²) in [6.07, 6.45) is 14.1. The highest BCUT2D eigenvalue weighted by Crippen LogP contribution is 2.29. The molecule has 130 valence electrons. The van der Waals surface area contributed by atoms with Gasteiger partial charge >= 0.3 is 0 Å². The third-order valence-corrected chi connectivity index (χ3v) is 5.16. The Morgan fingerprint density at radius 2 is 1.59 bits per heavy atom. The van der Waals surface area contributed by atoms with E-state index in [1.807, 2.05) is 0 Å². The predicted molar refractivity (Wildman–Crippen MR) is 95.1 cm³/mol. The standard InChI is InChI=1S/C19H38N2O/c1-4-6-8-9-11-14-19(3,13-10-7-5-2)21-16-12-15-20-18(22)17-21/h4-17H2,1-3H3,(H,20,22). The molecule has 1 rings (SSSR count). The molecule has 1 amide bonds. The van der Waals surface area contributed by atoms with Crippen molar-refractivity contribution in [3.8, 4) is 0 Å². The second-order valence-corrected chi connectivity index (χ2v) is 7.24. The summed E-state index contributed by atoms with van der Waals surface area (Å²) >= 11 is 0. The molecule has 0 aromatic carbocycles. The van der Waals surface area contributed by atoms with Crippen molar-refractivity contribution >= 4 is 5.91 Å². The van der Waals surface area contributed by atoms with Gasteiger partial charge in [0.1, 0.15) is 0 Å². The fourth-order valence-corrected chi connectivity index (χ4v) is 3.57. The van der Waals surface area contributed by atoms with E-state index in [1.54, 1.807) is 0 Å². The van der Waals surface area contributed by atoms with Crippen LogP contribution in [0.5, 0.6) is 0 Å². The smallest absolute Gasteiger partial charge is 0.234 e. The second-order valence-electron chi connectivity index (χ2n) is 7.24. The maximum absolute atomic E-state index is 11.9. The Hall–Kier alpha value is -0.570. The van der Waals surface area contributed by atoms with E-state index in [9.17, 15) is 4.79 Å². The summed E-state index contributed by atoms with van der Waals surface area (Å²) in [5.74, 6) is 0.213. The molecule has 0 bridgehead atoms. The molecule has 1 atom stereocenters. The van der Waals surface area contributed by atoms with Gasteiger partial charge in [0.05, 0.1) is 6.54 Å². The van der Waals surface area contributed by atoms with E-state index in [4.69, 9.17) is 0 Å². The molecule has 22 heavy (non-hydrogen) atoms. The van der Waals surface area contributed by atoms with Gasteiger partial charge in [0.25, 0.3) is 0 Å². The van der Waals surface area contributed by atoms with Crippen LogP contribution in [0, 0.1) is 0 Å². The van der Waals surface area contributed by atoms with E-state index < -0.39 is 0 Å². The van der Waals surface area contributed by atoms with Crippen LogP contribution in [0.2, 0.25) is 0 Å². The van der Waals surface area contributed by atoms with Crippen molar-refractivity contribution in [3.63, 3.8) is 0 Å². The Kier molecular flexibility index (Phi) is 9.77. The fraction of sp³-hybridized carbons (Fsp3) is 0.947. The van der Waals surface area contributed by atoms with Gasteiger partial charge in [-0.2, -0.15) is 0 Å². The lowest BCUT2D eigenvalue weighted by Gasteiger charge is -2.41. The average molecular weight is 311 g/mol. The van der Waals surface area contributed by atoms with Gasteiger partial charge in [0.2, 0.25) is 5.91 Å². The Morgan fingerprint density at radius 1 is 1.00 bits per heavy atom. The van der Waals surface area contributed by atoms with E-state index in [0.717, 1.165) is 19.5 Å². The molecular weight excluding hydrogens is 272 g/mol. The molecule has 1 heterocycles. The first kappa shape index (κ1) is 19.5. The van der Waals surface area contributed by atoms with Gasteiger partial charge in [0, 0.05) is 18.6 Å². The molecule has 0 spiro atoms. The number of rotatable bonds is 11. The summed E-state index contributed by atoms with van der Waals surface area (Å²) in [6.45, 7) is 9.44. The number of amides is 1. The maximum atomic E-state index is 11.9. The minimum absolute atomic E-state index is 0.211. The van der Waals surface area contributed by atoms with Crippen LogP contribution in [0.25, 0.3) is 0 Å². The Bertz CT molecular complexity index is 306. The van der Waals surface area contributed by atoms with Crippen molar-refractivity contribution in [1.82, 2.24) is 10.2 Å². The monoisotopic (exact) mass is 310 g/mol. The highest BCUT2D eigenvalue weighted by atomic mass is 16.2. The van der Waals surface area contributed by atoms with Crippen LogP contribution >= 0.6 is 0 Å². The summed E-state index contributed by atoms with van der Waals surface area (Å²) < 4.78 is 0. The number of carbonyl (C=O) groups excluding carboxylic acids is 1. The van der Waals surface area contributed by atoms with Gasteiger partial charge in [-0.1, -0.05) is 65.2 Å². The Labute approximate surface area is 138 Å². The lowest BCUT2D eigenvalue weighted by atomic mass is 9.86. The van der Waals surface area contributed by atoms with E-state index in [2.05, 4.69) is 31.0 Å². The van der Waals surface area contributed by atoms with Crippen LogP contribution in [0.3, 0.4) is 0 Å². The molecule has 1 fully saturated rings. The van der Waals surface area contributed by atoms with E-state index in [0.29, 0.717) is 6.54 Å². The van der Waals surface area contributed by atoms with Crippen molar-refractivity contribution < 1.29 is 4.79 Å². The second kappa shape index (κ2) is 11.0. The SMILES string of the molecule is CCCCCCCC(C)(CCCCC)N1CCCNC(=O)C1. The Balaban J connectivity index is 2.56. The fourth-order valence-electron chi connectivity index (χ4n) is 3.57. The summed E-state index contributed by atoms with van der Waals surface area (Å²) in [4.78, 5) is 14.4. The zero-order chi connectivity index (χ0) is 16.3. The van der Waals surface area contributed by atoms with Gasteiger partial charge in [-0.15, -0.1) is 0 Å². The third kappa shape index (κ3) is 7.13. The minimum atomic E-state index is 0.211. The number of hydrogen-bond donors (Lipinski definition) is 1. The average Bonchev–Trinajstić information content (AvgIpc) is 2.72. The Morgan fingerprint density at radius 3 is 2.27 bits per heavy atom. The number of carbonyl (C=O) groups is 1. The molecule has 3 nitrogen and oxygen atoms in total. The summed E-state index contributed by atoms with van der Waals surface area (Å²) in [6, 6.07) is 0. The van der Waals surface area contributed by atoms with Crippen molar-refractivity contribution in [2.45, 2.75) is 96.9 Å². The number of nitrogens with one attached hydrogen (secondary N) is 1. The van der Waals surface area contributed by atoms with E-state index >= 15 is 0 Å². The molecule has 0 saturated carbocycles. The van der Waals surface area contributed by atoms with Crippen molar-refractivity contribution in [2.75, 3.05) is 19.6 Å². The van der Waals surface area contributed by atoms with Crippen LogP contribution in [0.15, 0.2) is 0 Å². The quantitative estimate of drug-likeness (QED) is 0.570. The molecular formula is C19H38N2O. The van der Waals surface area contributed by atoms with Gasteiger partial charge in [-0.3, -0.25) is 9.69 Å². The minimum Gasteiger partial charge on any atom is -0.355 e. The van der Waals surface area contributed by atoms with Gasteiger partial charge in [-0.05, 0) is 26.2 Å². The molecule has 0 aromatic heterocycles. The molecule has 1 aliphatic heterocycles. The summed E-state index contributed by atoms with van der Waals surface area (Å²) in [5, 5.41) is 3.02. The first-order chi connectivity index (χ1) is 10.6. The topological polar surface area (TPSA) is 32.3 Å². The van der Waals surface area contributed by atoms with Gasteiger partial charge in [0.15, 0.2) is 0 Å². The van der Waals surface area contributed by atoms with Crippen molar-refractivity contribution in [2.24, 2.45) is 0 Å². The molecule has 1 N–H and O–H groups in total. The lowest BCUT2D eigenvalue weighted by Crippen LogP contribution is -2.49. The predicted octanol–water partition coefficient (Wildman–Crippen LogP) is 4.51. The maximum Gasteiger partial charge on any atom is 0.234 e. The van der Waals surface area contributed by atoms with Crippen LogP contribution < -0.4 is 5.32 Å². The zero-order valence-electron chi connectivity index (χ0n) is 15.3. The largest absolute Gasteiger partial charge is 0.355 e. The van der Waals surface area contributed by atoms with Crippen LogP contribution in [-0.4, -0.2) is 36.0 Å². The molecule has 0 aromatic rings. The number of unbranched alkanes of at least 4 members (excludes halogenated alkanes) is 6. The lowest BCUT2D eigenvalue weighted by molar-refractivity contribution is -0.123. The first-order valence-electron chi connectivity index (χ1n) is 9.64. The van der Waals surface area contributed by atoms with Crippen LogP contribution in [-0.2, 0) is 4.79 Å². The molecule has 0 radical (unpaired) electrons. The summed E-state index contributed by atoms with van der Waals surface area (Å²) in [7, 11) is 0. The zero-order valence-corrected chi connectivity index (χ0v) is 15.3. The van der Waals surface area contributed by atoms with Gasteiger partial charge in [-0.25, -0.2) is 0 Å². The molecule has 1 unspecified atom stereocenters. The van der Waals surface area contributed by atoms with Crippen molar-refractivity contribution in [3.05, 3.63) is 0 Å². The molecule has 3 heteroatoms. The van der Waals surface area contributed by atoms with E-state index in [-0.39, 0.29) is 11.4 Å². The van der Waals surface area contributed by atoms with E-state index in [1.165, 1.54) is 64.2 Å². The first-order valence-corrected chi connectivity index (χ1v) is 9.64. The van der Waals surface area contributed by atoms with Crippen LogP contribution in [0.4, 0.5) is 0 Å². The summed E-state index contributed by atoms with van der Waals surface area (Å²) in [5.41, 5.74) is 0.211. The molecule has 1 aliphatic rings. The van der Waals surface area contributed by atoms with Gasteiger partial charge < -0.3 is 5.32 Å². The molecule has 1 saturated heterocycles. The highest BCUT2D eigenvalue weighted by molar-refractivity contribution is 5.78. The van der Waals surface area contributed by atoms with Crippen molar-refractivity contribution in [1.29, 1.82) is 0 Å². The normalized spacial score (nSPS) is 19.5. The highest BCUT2D eigenvalue weighted by Gasteiger charge is 2.32. The third-order valence-electron chi connectivity index (χ3n) is 5.16. The number of hydrogen-bond acceptors (Lipinski definition) is 2. The molecule has 0 aliphatic carbocycles.